The number of hydrogen-bond acceptors (Lipinski definition) is 8. The van der Waals surface area contributed by atoms with Crippen LogP contribution in [0.15, 0.2) is 63.6 Å². The molecule has 2 aromatic carbocycles. The lowest BCUT2D eigenvalue weighted by Crippen LogP contribution is -2.46. The highest BCUT2D eigenvalue weighted by atomic mass is 28.4. The smallest absolute Gasteiger partial charge is 0.422 e. The number of aromatic nitrogens is 3. The highest BCUT2D eigenvalue weighted by molar-refractivity contribution is 6.74. The Bertz CT molecular complexity index is 1610. The monoisotopic (exact) mass is 642 g/mol. The van der Waals surface area contributed by atoms with Crippen molar-refractivity contribution >= 4 is 14.3 Å². The lowest BCUT2D eigenvalue weighted by molar-refractivity contribution is -0.143. The van der Waals surface area contributed by atoms with Gasteiger partial charge in [0.15, 0.2) is 8.32 Å². The first-order chi connectivity index (χ1) is 21.1. The van der Waals surface area contributed by atoms with E-state index in [0.29, 0.717) is 25.1 Å². The second-order valence-electron chi connectivity index (χ2n) is 12.9. The van der Waals surface area contributed by atoms with E-state index in [-0.39, 0.29) is 28.2 Å². The maximum Gasteiger partial charge on any atom is 0.422 e. The van der Waals surface area contributed by atoms with Crippen molar-refractivity contribution in [2.45, 2.75) is 64.0 Å². The number of carboxylic acid groups (broad SMARTS) is 1. The molecule has 1 aliphatic rings. The molecule has 5 rings (SSSR count). The number of carboxylic acids is 1. The van der Waals surface area contributed by atoms with E-state index in [1.165, 1.54) is 12.1 Å². The van der Waals surface area contributed by atoms with Crippen molar-refractivity contribution in [2.24, 2.45) is 5.92 Å². The summed E-state index contributed by atoms with van der Waals surface area (Å²) in [7, 11) is -2.22. The molecule has 4 aromatic rings. The van der Waals surface area contributed by atoms with Gasteiger partial charge in [0.1, 0.15) is 11.3 Å². The normalized spacial score (nSPS) is 17.4. The third-order valence-corrected chi connectivity index (χ3v) is 13.2. The van der Waals surface area contributed by atoms with E-state index >= 15 is 0 Å². The third kappa shape index (κ3) is 7.20. The van der Waals surface area contributed by atoms with Gasteiger partial charge in [-0.25, -0.2) is 0 Å². The molecular formula is C32H37F3N4O5Si. The first kappa shape index (κ1) is 32.6. The summed E-state index contributed by atoms with van der Waals surface area (Å²) in [6.45, 7) is 12.6. The van der Waals surface area contributed by atoms with Crippen molar-refractivity contribution < 1.29 is 36.5 Å². The van der Waals surface area contributed by atoms with Gasteiger partial charge < -0.3 is 18.6 Å². The predicted octanol–water partition coefficient (Wildman–Crippen LogP) is 7.94. The number of halogens is 3. The van der Waals surface area contributed by atoms with Gasteiger partial charge in [-0.3, -0.25) is 9.69 Å². The maximum absolute atomic E-state index is 14.2. The number of nitrogens with zero attached hydrogens (tertiary/aromatic N) is 4. The van der Waals surface area contributed by atoms with Gasteiger partial charge in [-0.05, 0) is 43.1 Å². The van der Waals surface area contributed by atoms with Crippen LogP contribution < -0.4 is 0 Å². The summed E-state index contributed by atoms with van der Waals surface area (Å²) in [6, 6.07) is 15.2. The van der Waals surface area contributed by atoms with Crippen molar-refractivity contribution in [1.29, 1.82) is 0 Å². The van der Waals surface area contributed by atoms with Gasteiger partial charge in [-0.15, -0.1) is 0 Å². The van der Waals surface area contributed by atoms with Crippen LogP contribution in [0.4, 0.5) is 13.2 Å². The van der Waals surface area contributed by atoms with Gasteiger partial charge in [-0.1, -0.05) is 85.7 Å². The predicted molar refractivity (Wildman–Crippen MR) is 163 cm³/mol. The second-order valence-corrected chi connectivity index (χ2v) is 17.7. The molecule has 3 heterocycles. The number of benzene rings is 2. The minimum atomic E-state index is -4.78. The fourth-order valence-corrected chi connectivity index (χ4v) is 6.45. The number of aliphatic carboxylic acids is 1. The van der Waals surface area contributed by atoms with Crippen LogP contribution in [0.1, 0.15) is 50.8 Å². The van der Waals surface area contributed by atoms with Crippen molar-refractivity contribution in [3.63, 3.8) is 0 Å². The fourth-order valence-electron chi connectivity index (χ4n) is 5.17. The molecule has 0 bridgehead atoms. The van der Waals surface area contributed by atoms with Crippen LogP contribution >= 0.6 is 0 Å². The molecule has 13 heteroatoms. The standard InChI is InChI=1S/C32H37F3N4O5Si/c1-31(2,3)45(4,5)44-24(19-39-17-9-12-23(18-39)30(40)41)20-13-15-22(16-14-20)28-36-29(43-38-28)27-25(32(33,34)35)26(37-42-27)21-10-7-6-8-11-21/h6-8,10-11,13-16,23-24H,9,12,17-19H2,1-5H3,(H,40,41). The van der Waals surface area contributed by atoms with Crippen LogP contribution in [0.3, 0.4) is 0 Å². The highest BCUT2D eigenvalue weighted by Gasteiger charge is 2.43. The van der Waals surface area contributed by atoms with Gasteiger partial charge in [-0.2, -0.15) is 18.2 Å². The Morgan fingerprint density at radius 3 is 2.36 bits per heavy atom. The lowest BCUT2D eigenvalue weighted by atomic mass is 9.97. The highest BCUT2D eigenvalue weighted by Crippen LogP contribution is 2.43. The Balaban J connectivity index is 1.42. The molecule has 9 nitrogen and oxygen atoms in total. The summed E-state index contributed by atoms with van der Waals surface area (Å²) in [5.41, 5.74) is 0.214. The molecule has 0 radical (unpaired) electrons. The number of carbonyl (C=O) groups is 1. The summed E-state index contributed by atoms with van der Waals surface area (Å²) in [5.74, 6) is -2.19. The first-order valence-corrected chi connectivity index (χ1v) is 17.7. The van der Waals surface area contributed by atoms with Gasteiger partial charge in [0.2, 0.25) is 11.6 Å². The summed E-state index contributed by atoms with van der Waals surface area (Å²) in [5, 5.41) is 17.1. The maximum atomic E-state index is 14.2. The molecule has 0 spiro atoms. The van der Waals surface area contributed by atoms with E-state index in [1.54, 1.807) is 30.3 Å². The summed E-state index contributed by atoms with van der Waals surface area (Å²) in [4.78, 5) is 18.0. The molecule has 0 saturated carbocycles. The van der Waals surface area contributed by atoms with Crippen LogP contribution in [0, 0.1) is 5.92 Å². The fraction of sp³-hybridized carbons (Fsp3) is 0.438. The summed E-state index contributed by atoms with van der Waals surface area (Å²) >= 11 is 0. The summed E-state index contributed by atoms with van der Waals surface area (Å²) < 4.78 is 59.7. The minimum absolute atomic E-state index is 0.0475. The Kier molecular flexibility index (Phi) is 9.07. The van der Waals surface area contributed by atoms with Crippen molar-refractivity contribution in [3.05, 3.63) is 65.7 Å². The van der Waals surface area contributed by atoms with E-state index in [4.69, 9.17) is 13.5 Å². The Morgan fingerprint density at radius 1 is 1.04 bits per heavy atom. The zero-order chi connectivity index (χ0) is 32.6. The topological polar surface area (TPSA) is 115 Å². The molecule has 1 saturated heterocycles. The molecule has 2 unspecified atom stereocenters. The summed E-state index contributed by atoms with van der Waals surface area (Å²) in [6.07, 6.45) is -3.63. The molecule has 0 amide bonds. The van der Waals surface area contributed by atoms with Gasteiger partial charge in [0, 0.05) is 24.2 Å². The van der Waals surface area contributed by atoms with E-state index in [2.05, 4.69) is 54.1 Å². The van der Waals surface area contributed by atoms with Crippen LogP contribution in [-0.4, -0.2) is 59.2 Å². The second kappa shape index (κ2) is 12.5. The van der Waals surface area contributed by atoms with Crippen LogP contribution in [-0.2, 0) is 15.4 Å². The third-order valence-electron chi connectivity index (χ3n) is 8.71. The quantitative estimate of drug-likeness (QED) is 0.182. The molecule has 2 aromatic heterocycles. The van der Waals surface area contributed by atoms with E-state index in [9.17, 15) is 23.1 Å². The van der Waals surface area contributed by atoms with Crippen LogP contribution in [0.2, 0.25) is 18.1 Å². The minimum Gasteiger partial charge on any atom is -0.481 e. The number of piperidine rings is 1. The van der Waals surface area contributed by atoms with Gasteiger partial charge >= 0.3 is 12.1 Å². The largest absolute Gasteiger partial charge is 0.481 e. The van der Waals surface area contributed by atoms with E-state index in [1.807, 2.05) is 12.1 Å². The zero-order valence-corrected chi connectivity index (χ0v) is 26.9. The average molecular weight is 643 g/mol. The zero-order valence-electron chi connectivity index (χ0n) is 25.9. The number of alkyl halides is 3. The molecular weight excluding hydrogens is 605 g/mol. The van der Waals surface area contributed by atoms with Crippen molar-refractivity contribution in [2.75, 3.05) is 19.6 Å². The van der Waals surface area contributed by atoms with Gasteiger partial charge in [0.05, 0.1) is 12.0 Å². The average Bonchev–Trinajstić information content (AvgIpc) is 3.65. The molecule has 45 heavy (non-hydrogen) atoms. The number of hydrogen-bond donors (Lipinski definition) is 1. The number of rotatable bonds is 9. The van der Waals surface area contributed by atoms with Crippen LogP contribution in [0.5, 0.6) is 0 Å². The molecule has 1 aliphatic heterocycles. The Hall–Kier alpha value is -3.81. The van der Waals surface area contributed by atoms with E-state index < -0.39 is 43.6 Å². The Labute approximate surface area is 260 Å². The molecule has 0 aliphatic carbocycles. The van der Waals surface area contributed by atoms with Crippen molar-refractivity contribution in [3.8, 4) is 34.3 Å². The molecule has 2 atom stereocenters. The first-order valence-electron chi connectivity index (χ1n) is 14.8. The molecule has 240 valence electrons. The van der Waals surface area contributed by atoms with Crippen molar-refractivity contribution in [1.82, 2.24) is 20.2 Å². The molecule has 1 fully saturated rings. The SMILES string of the molecule is CC(C)(C)[Si](C)(C)OC(CN1CCCC(C(=O)O)C1)c1ccc(-c2noc(-c3onc(-c4ccccc4)c3C(F)(F)F)n2)cc1. The van der Waals surface area contributed by atoms with Gasteiger partial charge in [0.25, 0.3) is 5.89 Å². The van der Waals surface area contributed by atoms with Crippen LogP contribution in [0.25, 0.3) is 34.3 Å². The molecule has 1 N–H and O–H groups in total. The van der Waals surface area contributed by atoms with E-state index in [0.717, 1.165) is 18.5 Å². The number of likely N-dealkylation sites (tertiary alicyclic amines) is 1. The Morgan fingerprint density at radius 2 is 1.73 bits per heavy atom. The lowest BCUT2D eigenvalue weighted by Gasteiger charge is -2.41.